The molecule has 0 saturated carbocycles. The number of hydrogen-bond donors (Lipinski definition) is 2. The Morgan fingerprint density at radius 1 is 1.06 bits per heavy atom. The number of nitrogens with zero attached hydrogens (tertiary/aromatic N) is 1. The van der Waals surface area contributed by atoms with Crippen LogP contribution >= 0.6 is 0 Å². The van der Waals surface area contributed by atoms with Gasteiger partial charge in [0.05, 0.1) is 13.2 Å². The first-order valence-corrected chi connectivity index (χ1v) is 11.9. The highest BCUT2D eigenvalue weighted by Crippen LogP contribution is 2.13. The third-order valence-corrected chi connectivity index (χ3v) is 5.49. The molecule has 1 fully saturated rings. The van der Waals surface area contributed by atoms with E-state index in [1.54, 1.807) is 6.20 Å². The Bertz CT molecular complexity index is 1050. The molecule has 3 rings (SSSR count). The molecule has 1 heterocycles. The summed E-state index contributed by atoms with van der Waals surface area (Å²) in [5, 5.41) is 5.31. The minimum atomic E-state index is -0.928. The van der Waals surface area contributed by atoms with Crippen LogP contribution in [0, 0.1) is 11.7 Å². The topological polar surface area (TPSA) is 97.0 Å². The van der Waals surface area contributed by atoms with E-state index in [1.165, 1.54) is 24.3 Å². The molecule has 0 aromatic heterocycles. The van der Waals surface area contributed by atoms with Gasteiger partial charge >= 0.3 is 6.09 Å². The Morgan fingerprint density at radius 2 is 1.72 bits per heavy atom. The molecule has 0 spiro atoms. The van der Waals surface area contributed by atoms with E-state index in [0.717, 1.165) is 5.56 Å². The van der Waals surface area contributed by atoms with Crippen LogP contribution in [0.3, 0.4) is 0 Å². The first-order valence-electron chi connectivity index (χ1n) is 11.9. The number of carbonyl (C=O) groups is 3. The van der Waals surface area contributed by atoms with E-state index in [1.807, 2.05) is 49.1 Å². The normalized spacial score (nSPS) is 14.8. The maximum Gasteiger partial charge on any atom is 0.408 e. The van der Waals surface area contributed by atoms with Crippen molar-refractivity contribution in [1.29, 1.82) is 0 Å². The Morgan fingerprint density at radius 3 is 2.36 bits per heavy atom. The number of morpholine rings is 1. The van der Waals surface area contributed by atoms with Gasteiger partial charge in [-0.3, -0.25) is 9.59 Å². The molecule has 1 atom stereocenters. The summed E-state index contributed by atoms with van der Waals surface area (Å²) in [4.78, 5) is 40.8. The lowest BCUT2D eigenvalue weighted by Crippen LogP contribution is -2.48. The highest BCUT2D eigenvalue weighted by Gasteiger charge is 2.26. The first-order chi connectivity index (χ1) is 17.3. The number of amides is 2. The van der Waals surface area contributed by atoms with Gasteiger partial charge in [-0.1, -0.05) is 44.2 Å². The average Bonchev–Trinajstić information content (AvgIpc) is 2.87. The van der Waals surface area contributed by atoms with E-state index in [-0.39, 0.29) is 23.8 Å². The number of ketones is 1. The van der Waals surface area contributed by atoms with Crippen LogP contribution in [-0.2, 0) is 20.9 Å². The second kappa shape index (κ2) is 13.4. The molecule has 2 N–H and O–H groups in total. The SMILES string of the molecule is CC(C)C[C@H](NC(=O)OCc1ccccc1)C(=O)N/C(=C/N1CCOCC1)C(=O)c1ccc(F)cc1. The summed E-state index contributed by atoms with van der Waals surface area (Å²) in [5.74, 6) is -1.40. The average molecular weight is 498 g/mol. The zero-order valence-electron chi connectivity index (χ0n) is 20.5. The Balaban J connectivity index is 1.74. The second-order valence-electron chi connectivity index (χ2n) is 8.90. The minimum Gasteiger partial charge on any atom is -0.445 e. The summed E-state index contributed by atoms with van der Waals surface area (Å²) in [7, 11) is 0. The third-order valence-electron chi connectivity index (χ3n) is 5.49. The minimum absolute atomic E-state index is 0.0294. The van der Waals surface area contributed by atoms with Crippen LogP contribution in [0.1, 0.15) is 36.2 Å². The molecule has 2 aromatic carbocycles. The standard InChI is InChI=1S/C27H32FN3O5/c1-19(2)16-23(30-27(34)36-18-20-6-4-3-5-7-20)26(33)29-24(17-31-12-14-35-15-13-31)25(32)21-8-10-22(28)11-9-21/h3-11,17,19,23H,12-16,18H2,1-2H3,(H,29,33)(H,30,34)/b24-17+/t23-/m0/s1. The van der Waals surface area contributed by atoms with E-state index in [0.29, 0.717) is 32.7 Å². The number of ether oxygens (including phenoxy) is 2. The molecule has 1 saturated heterocycles. The van der Waals surface area contributed by atoms with Gasteiger partial charge in [-0.05, 0) is 42.2 Å². The fraction of sp³-hybridized carbons (Fsp3) is 0.370. The number of Topliss-reactive ketones (excluding diaryl/α,β-unsaturated/α-hetero) is 1. The lowest BCUT2D eigenvalue weighted by Gasteiger charge is -2.27. The summed E-state index contributed by atoms with van der Waals surface area (Å²) < 4.78 is 24.0. The number of alkyl carbamates (subject to hydrolysis) is 1. The van der Waals surface area contributed by atoms with Gasteiger partial charge < -0.3 is 25.0 Å². The van der Waals surface area contributed by atoms with Crippen molar-refractivity contribution < 1.29 is 28.2 Å². The summed E-state index contributed by atoms with van der Waals surface area (Å²) in [6.07, 6.45) is 1.18. The molecule has 192 valence electrons. The van der Waals surface area contributed by atoms with Crippen molar-refractivity contribution in [3.05, 3.63) is 83.4 Å². The van der Waals surface area contributed by atoms with Crippen LogP contribution in [0.15, 0.2) is 66.5 Å². The van der Waals surface area contributed by atoms with Gasteiger partial charge in [-0.15, -0.1) is 0 Å². The summed E-state index contributed by atoms with van der Waals surface area (Å²) in [6, 6.07) is 13.4. The van der Waals surface area contributed by atoms with Crippen molar-refractivity contribution in [2.45, 2.75) is 32.9 Å². The summed E-state index contributed by atoms with van der Waals surface area (Å²) in [6.45, 7) is 6.00. The van der Waals surface area contributed by atoms with Crippen molar-refractivity contribution in [3.63, 3.8) is 0 Å². The highest BCUT2D eigenvalue weighted by atomic mass is 19.1. The molecule has 0 unspecified atom stereocenters. The molecule has 1 aliphatic heterocycles. The predicted octanol–water partition coefficient (Wildman–Crippen LogP) is 3.64. The maximum atomic E-state index is 13.4. The number of halogens is 1. The molecule has 0 radical (unpaired) electrons. The number of allylic oxidation sites excluding steroid dienone is 1. The van der Waals surface area contributed by atoms with Crippen molar-refractivity contribution >= 4 is 17.8 Å². The van der Waals surface area contributed by atoms with Crippen LogP contribution in [0.2, 0.25) is 0 Å². The van der Waals surface area contributed by atoms with E-state index in [9.17, 15) is 18.8 Å². The van der Waals surface area contributed by atoms with E-state index in [2.05, 4.69) is 10.6 Å². The van der Waals surface area contributed by atoms with Gasteiger partial charge in [0, 0.05) is 24.9 Å². The summed E-state index contributed by atoms with van der Waals surface area (Å²) >= 11 is 0. The maximum absolute atomic E-state index is 13.4. The number of benzene rings is 2. The van der Waals surface area contributed by atoms with Gasteiger partial charge in [-0.2, -0.15) is 0 Å². The lowest BCUT2D eigenvalue weighted by atomic mass is 10.0. The van der Waals surface area contributed by atoms with Crippen LogP contribution in [0.25, 0.3) is 0 Å². The van der Waals surface area contributed by atoms with Crippen LogP contribution in [-0.4, -0.2) is 55.0 Å². The van der Waals surface area contributed by atoms with Crippen molar-refractivity contribution in [3.8, 4) is 0 Å². The molecule has 0 bridgehead atoms. The fourth-order valence-electron chi connectivity index (χ4n) is 3.62. The van der Waals surface area contributed by atoms with E-state index in [4.69, 9.17) is 9.47 Å². The smallest absolute Gasteiger partial charge is 0.408 e. The molecule has 1 aliphatic rings. The monoisotopic (exact) mass is 497 g/mol. The van der Waals surface area contributed by atoms with Crippen molar-refractivity contribution in [1.82, 2.24) is 15.5 Å². The molecular weight excluding hydrogens is 465 g/mol. The molecular formula is C27H32FN3O5. The molecule has 8 nitrogen and oxygen atoms in total. The molecule has 2 amide bonds. The fourth-order valence-corrected chi connectivity index (χ4v) is 3.62. The molecule has 36 heavy (non-hydrogen) atoms. The van der Waals surface area contributed by atoms with E-state index < -0.39 is 29.6 Å². The van der Waals surface area contributed by atoms with Crippen molar-refractivity contribution in [2.24, 2.45) is 5.92 Å². The van der Waals surface area contributed by atoms with E-state index >= 15 is 0 Å². The van der Waals surface area contributed by atoms with Crippen LogP contribution in [0.5, 0.6) is 0 Å². The van der Waals surface area contributed by atoms with Crippen LogP contribution in [0.4, 0.5) is 9.18 Å². The number of rotatable bonds is 10. The predicted molar refractivity (Wildman–Crippen MR) is 132 cm³/mol. The van der Waals surface area contributed by atoms with Gasteiger partial charge in [0.15, 0.2) is 0 Å². The Kier molecular flexibility index (Phi) is 10.00. The number of nitrogens with one attached hydrogen (secondary N) is 2. The van der Waals surface area contributed by atoms with Crippen molar-refractivity contribution in [2.75, 3.05) is 26.3 Å². The Labute approximate surface area is 210 Å². The summed E-state index contributed by atoms with van der Waals surface area (Å²) in [5.41, 5.74) is 1.08. The van der Waals surface area contributed by atoms with Gasteiger partial charge in [-0.25, -0.2) is 9.18 Å². The first kappa shape index (κ1) is 26.9. The Hall–Kier alpha value is -3.72. The lowest BCUT2D eigenvalue weighted by molar-refractivity contribution is -0.122. The molecule has 0 aliphatic carbocycles. The zero-order valence-corrected chi connectivity index (χ0v) is 20.5. The number of hydrogen-bond acceptors (Lipinski definition) is 6. The second-order valence-corrected chi connectivity index (χ2v) is 8.90. The van der Waals surface area contributed by atoms with Gasteiger partial charge in [0.2, 0.25) is 11.7 Å². The zero-order chi connectivity index (χ0) is 25.9. The molecule has 9 heteroatoms. The third kappa shape index (κ3) is 8.49. The molecule has 2 aromatic rings. The van der Waals surface area contributed by atoms with Gasteiger partial charge in [0.1, 0.15) is 24.2 Å². The quantitative estimate of drug-likeness (QED) is 0.384. The highest BCUT2D eigenvalue weighted by molar-refractivity contribution is 6.10. The van der Waals surface area contributed by atoms with Gasteiger partial charge in [0.25, 0.3) is 0 Å². The largest absolute Gasteiger partial charge is 0.445 e. The number of carbonyl (C=O) groups excluding carboxylic acids is 3. The van der Waals surface area contributed by atoms with Crippen LogP contribution < -0.4 is 10.6 Å².